The van der Waals surface area contributed by atoms with Crippen LogP contribution in [0.2, 0.25) is 0 Å². The van der Waals surface area contributed by atoms with Crippen LogP contribution in [0, 0.1) is 5.92 Å². The molecule has 1 N–H and O–H groups in total. The lowest BCUT2D eigenvalue weighted by Gasteiger charge is -2.42. The molecule has 0 radical (unpaired) electrons. The molecular weight excluding hydrogens is 325 g/mol. The van der Waals surface area contributed by atoms with E-state index in [4.69, 9.17) is 4.74 Å². The molecule has 0 aromatic heterocycles. The highest BCUT2D eigenvalue weighted by atomic mass is 35.5. The molecule has 2 atom stereocenters. The zero-order valence-electron chi connectivity index (χ0n) is 14.3. The van der Waals surface area contributed by atoms with E-state index in [0.717, 1.165) is 52.4 Å². The van der Waals surface area contributed by atoms with Crippen LogP contribution in [0.5, 0.6) is 0 Å². The molecule has 0 saturated carbocycles. The molecule has 1 rings (SSSR count). The molecule has 134 valence electrons. The van der Waals surface area contributed by atoms with Crippen LogP contribution in [0.15, 0.2) is 0 Å². The highest BCUT2D eigenvalue weighted by Crippen LogP contribution is 2.15. The lowest BCUT2D eigenvalue weighted by Crippen LogP contribution is -2.56. The predicted octanol–water partition coefficient (Wildman–Crippen LogP) is 1.64. The number of carbonyl (C=O) groups excluding carboxylic acids is 1. The maximum Gasteiger partial charge on any atom is 0.226 e. The van der Waals surface area contributed by atoms with Gasteiger partial charge in [0.1, 0.15) is 0 Å². The predicted molar refractivity (Wildman–Crippen MR) is 96.3 cm³/mol. The van der Waals surface area contributed by atoms with Gasteiger partial charge in [-0.25, -0.2) is 0 Å². The largest absolute Gasteiger partial charge is 0.380 e. The summed E-state index contributed by atoms with van der Waals surface area (Å²) < 4.78 is 5.44. The van der Waals surface area contributed by atoms with Crippen molar-refractivity contribution in [3.05, 3.63) is 0 Å². The van der Waals surface area contributed by atoms with Crippen LogP contribution in [-0.4, -0.2) is 74.7 Å². The van der Waals surface area contributed by atoms with Crippen molar-refractivity contribution in [3.63, 3.8) is 0 Å². The van der Waals surface area contributed by atoms with Gasteiger partial charge >= 0.3 is 0 Å². The summed E-state index contributed by atoms with van der Waals surface area (Å²) in [6.07, 6.45) is 1.08. The first-order valence-corrected chi connectivity index (χ1v) is 7.89. The molecule has 1 amide bonds. The number of halogens is 2. The van der Waals surface area contributed by atoms with Gasteiger partial charge in [-0.15, -0.1) is 24.8 Å². The third kappa shape index (κ3) is 7.47. The summed E-state index contributed by atoms with van der Waals surface area (Å²) in [6.45, 7) is 12.2. The topological polar surface area (TPSA) is 44.8 Å². The number of hydrogen-bond donors (Lipinski definition) is 1. The number of hydrogen-bond acceptors (Lipinski definition) is 4. The lowest BCUT2D eigenvalue weighted by atomic mass is 10.1. The average molecular weight is 358 g/mol. The van der Waals surface area contributed by atoms with E-state index in [1.165, 1.54) is 0 Å². The van der Waals surface area contributed by atoms with E-state index in [9.17, 15) is 4.79 Å². The Balaban J connectivity index is 0. The Hall–Kier alpha value is -0.0700. The van der Waals surface area contributed by atoms with Crippen LogP contribution < -0.4 is 5.32 Å². The SMILES string of the molecule is CCOCCN1CCN(C(=O)C(C)CNC)CC1CC.Cl.Cl. The van der Waals surface area contributed by atoms with Crippen LogP contribution in [0.4, 0.5) is 0 Å². The maximum atomic E-state index is 12.4. The number of nitrogens with zero attached hydrogens (tertiary/aromatic N) is 2. The molecule has 0 bridgehead atoms. The molecule has 0 aromatic rings. The number of carbonyl (C=O) groups is 1. The number of nitrogens with one attached hydrogen (secondary N) is 1. The summed E-state index contributed by atoms with van der Waals surface area (Å²) in [7, 11) is 1.89. The van der Waals surface area contributed by atoms with Crippen molar-refractivity contribution in [2.75, 3.05) is 53.0 Å². The van der Waals surface area contributed by atoms with Crippen LogP contribution in [0.3, 0.4) is 0 Å². The van der Waals surface area contributed by atoms with E-state index in [1.54, 1.807) is 0 Å². The Labute approximate surface area is 147 Å². The van der Waals surface area contributed by atoms with Crippen LogP contribution in [0.1, 0.15) is 27.2 Å². The lowest BCUT2D eigenvalue weighted by molar-refractivity contribution is -0.138. The van der Waals surface area contributed by atoms with Gasteiger partial charge in [0.15, 0.2) is 0 Å². The third-order valence-electron chi connectivity index (χ3n) is 4.05. The molecule has 1 aliphatic heterocycles. The van der Waals surface area contributed by atoms with Gasteiger partial charge in [-0.05, 0) is 20.4 Å². The molecule has 22 heavy (non-hydrogen) atoms. The second kappa shape index (κ2) is 13.4. The maximum absolute atomic E-state index is 12.4. The molecule has 7 heteroatoms. The molecule has 1 saturated heterocycles. The van der Waals surface area contributed by atoms with E-state index in [1.807, 2.05) is 25.8 Å². The third-order valence-corrected chi connectivity index (χ3v) is 4.05. The molecule has 1 heterocycles. The van der Waals surface area contributed by atoms with Crippen molar-refractivity contribution in [2.45, 2.75) is 33.2 Å². The first-order valence-electron chi connectivity index (χ1n) is 7.89. The smallest absolute Gasteiger partial charge is 0.226 e. The Morgan fingerprint density at radius 2 is 2.00 bits per heavy atom. The quantitative estimate of drug-likeness (QED) is 0.670. The molecule has 0 spiro atoms. The average Bonchev–Trinajstić information content (AvgIpc) is 2.47. The fraction of sp³-hybridized carbons (Fsp3) is 0.933. The van der Waals surface area contributed by atoms with Crippen LogP contribution in [-0.2, 0) is 9.53 Å². The van der Waals surface area contributed by atoms with Gasteiger partial charge < -0.3 is 15.0 Å². The summed E-state index contributed by atoms with van der Waals surface area (Å²) in [5.41, 5.74) is 0. The Morgan fingerprint density at radius 3 is 2.55 bits per heavy atom. The zero-order valence-corrected chi connectivity index (χ0v) is 16.0. The summed E-state index contributed by atoms with van der Waals surface area (Å²) in [6, 6.07) is 0.468. The fourth-order valence-corrected chi connectivity index (χ4v) is 2.81. The summed E-state index contributed by atoms with van der Waals surface area (Å²) in [5, 5.41) is 3.08. The molecule has 2 unspecified atom stereocenters. The number of amides is 1. The van der Waals surface area contributed by atoms with Gasteiger partial charge in [0.2, 0.25) is 5.91 Å². The number of piperazine rings is 1. The minimum absolute atomic E-state index is 0. The standard InChI is InChI=1S/C15H31N3O2.2ClH/c1-5-14-12-18(15(19)13(3)11-16-4)8-7-17(14)9-10-20-6-2;;/h13-14,16H,5-12H2,1-4H3;2*1H. The van der Waals surface area contributed by atoms with Crippen molar-refractivity contribution in [1.82, 2.24) is 15.1 Å². The Morgan fingerprint density at radius 1 is 1.32 bits per heavy atom. The van der Waals surface area contributed by atoms with E-state index in [0.29, 0.717) is 6.04 Å². The van der Waals surface area contributed by atoms with Crippen molar-refractivity contribution in [2.24, 2.45) is 5.92 Å². The van der Waals surface area contributed by atoms with Gasteiger partial charge in [0.05, 0.1) is 6.61 Å². The van der Waals surface area contributed by atoms with Crippen molar-refractivity contribution in [1.29, 1.82) is 0 Å². The minimum atomic E-state index is 0. The normalized spacial score (nSPS) is 20.0. The highest BCUT2D eigenvalue weighted by Gasteiger charge is 2.29. The van der Waals surface area contributed by atoms with Gasteiger partial charge in [-0.1, -0.05) is 13.8 Å². The van der Waals surface area contributed by atoms with Crippen LogP contribution >= 0.6 is 24.8 Å². The highest BCUT2D eigenvalue weighted by molar-refractivity contribution is 5.85. The van der Waals surface area contributed by atoms with Crippen molar-refractivity contribution < 1.29 is 9.53 Å². The Bertz CT molecular complexity index is 296. The molecule has 5 nitrogen and oxygen atoms in total. The van der Waals surface area contributed by atoms with Crippen LogP contribution in [0.25, 0.3) is 0 Å². The van der Waals surface area contributed by atoms with E-state index >= 15 is 0 Å². The second-order valence-electron chi connectivity index (χ2n) is 5.54. The second-order valence-corrected chi connectivity index (χ2v) is 5.54. The molecule has 1 aliphatic rings. The fourth-order valence-electron chi connectivity index (χ4n) is 2.81. The van der Waals surface area contributed by atoms with E-state index < -0.39 is 0 Å². The van der Waals surface area contributed by atoms with Gasteiger partial charge in [0, 0.05) is 51.3 Å². The van der Waals surface area contributed by atoms with Crippen molar-refractivity contribution >= 4 is 30.7 Å². The number of ether oxygens (including phenoxy) is 1. The Kier molecular flexibility index (Phi) is 14.7. The zero-order chi connectivity index (χ0) is 15.0. The summed E-state index contributed by atoms with van der Waals surface area (Å²) >= 11 is 0. The van der Waals surface area contributed by atoms with Gasteiger partial charge in [-0.3, -0.25) is 9.69 Å². The molecule has 0 aliphatic carbocycles. The van der Waals surface area contributed by atoms with Gasteiger partial charge in [-0.2, -0.15) is 0 Å². The monoisotopic (exact) mass is 357 g/mol. The molecule has 0 aromatic carbocycles. The molecule has 1 fully saturated rings. The van der Waals surface area contributed by atoms with E-state index in [-0.39, 0.29) is 36.6 Å². The van der Waals surface area contributed by atoms with Gasteiger partial charge in [0.25, 0.3) is 0 Å². The first-order chi connectivity index (χ1) is 9.63. The summed E-state index contributed by atoms with van der Waals surface area (Å²) in [5.74, 6) is 0.342. The summed E-state index contributed by atoms with van der Waals surface area (Å²) in [4.78, 5) is 16.9. The van der Waals surface area contributed by atoms with E-state index in [2.05, 4.69) is 17.1 Å². The minimum Gasteiger partial charge on any atom is -0.380 e. The first kappa shape index (κ1) is 24.2. The number of rotatable bonds is 8. The van der Waals surface area contributed by atoms with Crippen molar-refractivity contribution in [3.8, 4) is 0 Å². The molecular formula is C15H33Cl2N3O2.